The fourth-order valence-corrected chi connectivity index (χ4v) is 6.07. The second-order valence-corrected chi connectivity index (χ2v) is 12.1. The summed E-state index contributed by atoms with van der Waals surface area (Å²) in [5.41, 5.74) is 2.69. The summed E-state index contributed by atoms with van der Waals surface area (Å²) in [4.78, 5) is 14.0. The number of carbonyl (C=O) groups excluding carboxylic acids is 1. The number of benzene rings is 4. The van der Waals surface area contributed by atoms with Crippen LogP contribution in [0.1, 0.15) is 29.7 Å². The summed E-state index contributed by atoms with van der Waals surface area (Å²) < 4.78 is 37.3. The molecule has 1 N–H and O–H groups in total. The van der Waals surface area contributed by atoms with Gasteiger partial charge in [0.15, 0.2) is 6.61 Å². The second kappa shape index (κ2) is 15.0. The molecule has 0 heterocycles. The zero-order chi connectivity index (χ0) is 30.0. The quantitative estimate of drug-likeness (QED) is 0.179. The van der Waals surface area contributed by atoms with Gasteiger partial charge in [-0.2, -0.15) is 0 Å². The Kier molecular flexibility index (Phi) is 11.1. The summed E-state index contributed by atoms with van der Waals surface area (Å²) in [5, 5.41) is 11.5. The predicted octanol–water partition coefficient (Wildman–Crippen LogP) is 5.89. The van der Waals surface area contributed by atoms with E-state index in [1.807, 2.05) is 48.5 Å². The number of hydrogen-bond donors (Lipinski definition) is 1. The number of hydrogen-bond acceptors (Lipinski definition) is 7. The molecular formula is C33H34ClNO6S. The number of nitrogens with zero attached hydrogens (tertiary/aromatic N) is 1. The van der Waals surface area contributed by atoms with Crippen LogP contribution in [0.2, 0.25) is 5.02 Å². The molecule has 4 rings (SSSR count). The number of esters is 1. The number of ether oxygens (including phenoxy) is 2. The third kappa shape index (κ3) is 8.90. The maximum atomic E-state index is 13.5. The van der Waals surface area contributed by atoms with Crippen LogP contribution in [0.15, 0.2) is 113 Å². The fourth-order valence-electron chi connectivity index (χ4n) is 4.51. The van der Waals surface area contributed by atoms with Crippen LogP contribution in [-0.4, -0.2) is 50.7 Å². The number of rotatable bonds is 14. The lowest BCUT2D eigenvalue weighted by molar-refractivity contribution is -0.145. The van der Waals surface area contributed by atoms with Crippen molar-refractivity contribution in [1.29, 1.82) is 0 Å². The molecule has 0 saturated carbocycles. The standard InChI is InChI=1S/C33H34ClNO6S/c1-2-40-33(37)24-41-29-14-8-16-31(21-29)42(38,39)30-15-6-11-25(19-30)17-18-35(22-26-9-4-3-5-10-26)23-32(36)27-12-7-13-28(34)20-27/h3-16,19-21,32,36H,2,17-18,22-24H2,1H3. The summed E-state index contributed by atoms with van der Waals surface area (Å²) in [6, 6.07) is 30.1. The average Bonchev–Trinajstić information content (AvgIpc) is 3.00. The third-order valence-corrected chi connectivity index (χ3v) is 8.60. The van der Waals surface area contributed by atoms with Crippen molar-refractivity contribution in [3.63, 3.8) is 0 Å². The van der Waals surface area contributed by atoms with E-state index in [9.17, 15) is 18.3 Å². The van der Waals surface area contributed by atoms with E-state index in [4.69, 9.17) is 21.1 Å². The Morgan fingerprint density at radius 2 is 1.57 bits per heavy atom. The van der Waals surface area contributed by atoms with Gasteiger partial charge in [-0.3, -0.25) is 4.90 Å². The van der Waals surface area contributed by atoms with E-state index in [1.165, 1.54) is 12.1 Å². The van der Waals surface area contributed by atoms with Crippen molar-refractivity contribution in [2.45, 2.75) is 35.8 Å². The van der Waals surface area contributed by atoms with Gasteiger partial charge in [-0.25, -0.2) is 13.2 Å². The monoisotopic (exact) mass is 607 g/mol. The Morgan fingerprint density at radius 1 is 0.881 bits per heavy atom. The summed E-state index contributed by atoms with van der Waals surface area (Å²) in [6.07, 6.45) is -0.168. The maximum absolute atomic E-state index is 13.5. The van der Waals surface area contributed by atoms with E-state index in [0.29, 0.717) is 31.1 Å². The van der Waals surface area contributed by atoms with E-state index in [1.54, 1.807) is 49.4 Å². The lowest BCUT2D eigenvalue weighted by atomic mass is 10.1. The Balaban J connectivity index is 1.48. The maximum Gasteiger partial charge on any atom is 0.344 e. The van der Waals surface area contributed by atoms with Crippen molar-refractivity contribution in [2.75, 3.05) is 26.3 Å². The molecule has 0 spiro atoms. The van der Waals surface area contributed by atoms with Gasteiger partial charge in [-0.05, 0) is 72.5 Å². The van der Waals surface area contributed by atoms with Crippen LogP contribution in [0.25, 0.3) is 0 Å². The highest BCUT2D eigenvalue weighted by molar-refractivity contribution is 7.91. The Labute approximate surface area is 252 Å². The van der Waals surface area contributed by atoms with Gasteiger partial charge < -0.3 is 14.6 Å². The zero-order valence-corrected chi connectivity index (χ0v) is 24.9. The number of aliphatic hydroxyl groups excluding tert-OH is 1. The van der Waals surface area contributed by atoms with Crippen molar-refractivity contribution >= 4 is 27.4 Å². The molecule has 0 amide bonds. The molecular weight excluding hydrogens is 574 g/mol. The van der Waals surface area contributed by atoms with Gasteiger partial charge in [0.2, 0.25) is 9.84 Å². The SMILES string of the molecule is CCOC(=O)COc1cccc(S(=O)(=O)c2cccc(CCN(Cc3ccccc3)CC(O)c3cccc(Cl)c3)c2)c1. The molecule has 0 saturated heterocycles. The van der Waals surface area contributed by atoms with Crippen LogP contribution >= 0.6 is 11.6 Å². The lowest BCUT2D eigenvalue weighted by Crippen LogP contribution is -2.30. The topological polar surface area (TPSA) is 93.1 Å². The van der Waals surface area contributed by atoms with E-state index in [2.05, 4.69) is 4.90 Å². The molecule has 0 aliphatic rings. The van der Waals surface area contributed by atoms with Crippen LogP contribution in [0, 0.1) is 0 Å². The molecule has 4 aromatic carbocycles. The Hall–Kier alpha value is -3.69. The molecule has 0 aromatic heterocycles. The number of halogens is 1. The summed E-state index contributed by atoms with van der Waals surface area (Å²) >= 11 is 6.14. The molecule has 0 radical (unpaired) electrons. The van der Waals surface area contributed by atoms with Crippen LogP contribution in [0.3, 0.4) is 0 Å². The van der Waals surface area contributed by atoms with Crippen molar-refractivity contribution in [3.8, 4) is 5.75 Å². The molecule has 220 valence electrons. The van der Waals surface area contributed by atoms with Crippen molar-refractivity contribution < 1.29 is 27.8 Å². The average molecular weight is 608 g/mol. The van der Waals surface area contributed by atoms with Crippen LogP contribution in [0.5, 0.6) is 5.75 Å². The van der Waals surface area contributed by atoms with E-state index in [0.717, 1.165) is 16.7 Å². The van der Waals surface area contributed by atoms with Crippen LogP contribution in [0.4, 0.5) is 0 Å². The molecule has 0 aliphatic heterocycles. The predicted molar refractivity (Wildman–Crippen MR) is 162 cm³/mol. The lowest BCUT2D eigenvalue weighted by Gasteiger charge is -2.26. The summed E-state index contributed by atoms with van der Waals surface area (Å²) in [5.74, 6) is -0.269. The van der Waals surface area contributed by atoms with E-state index < -0.39 is 21.9 Å². The Bertz CT molecular complexity index is 1580. The van der Waals surface area contributed by atoms with Crippen LogP contribution < -0.4 is 4.74 Å². The number of carbonyl (C=O) groups is 1. The number of sulfone groups is 1. The van der Waals surface area contributed by atoms with Gasteiger partial charge in [-0.15, -0.1) is 0 Å². The largest absolute Gasteiger partial charge is 0.482 e. The fraction of sp³-hybridized carbons (Fsp3) is 0.242. The molecule has 0 bridgehead atoms. The van der Waals surface area contributed by atoms with E-state index >= 15 is 0 Å². The van der Waals surface area contributed by atoms with Gasteiger partial charge in [-0.1, -0.05) is 72.3 Å². The molecule has 9 heteroatoms. The van der Waals surface area contributed by atoms with E-state index in [-0.39, 0.29) is 28.8 Å². The first-order chi connectivity index (χ1) is 20.2. The molecule has 0 aliphatic carbocycles. The molecule has 1 atom stereocenters. The highest BCUT2D eigenvalue weighted by atomic mass is 35.5. The molecule has 4 aromatic rings. The first-order valence-electron chi connectivity index (χ1n) is 13.7. The minimum Gasteiger partial charge on any atom is -0.482 e. The molecule has 0 fully saturated rings. The molecule has 1 unspecified atom stereocenters. The van der Waals surface area contributed by atoms with Gasteiger partial charge in [0.1, 0.15) is 5.75 Å². The van der Waals surface area contributed by atoms with Crippen molar-refractivity contribution in [1.82, 2.24) is 4.90 Å². The second-order valence-electron chi connectivity index (χ2n) is 9.76. The van der Waals surface area contributed by atoms with Gasteiger partial charge in [0.25, 0.3) is 0 Å². The Morgan fingerprint density at radius 3 is 2.31 bits per heavy atom. The molecule has 7 nitrogen and oxygen atoms in total. The van der Waals surface area contributed by atoms with Gasteiger partial charge in [0, 0.05) is 24.7 Å². The first kappa shape index (κ1) is 31.3. The highest BCUT2D eigenvalue weighted by Gasteiger charge is 2.20. The number of aliphatic hydroxyl groups is 1. The summed E-state index contributed by atoms with van der Waals surface area (Å²) in [7, 11) is -3.84. The van der Waals surface area contributed by atoms with Crippen LogP contribution in [-0.2, 0) is 32.3 Å². The normalized spacial score (nSPS) is 12.2. The minimum atomic E-state index is -3.84. The highest BCUT2D eigenvalue weighted by Crippen LogP contribution is 2.26. The van der Waals surface area contributed by atoms with Crippen molar-refractivity contribution in [2.24, 2.45) is 0 Å². The minimum absolute atomic E-state index is 0.0661. The summed E-state index contributed by atoms with van der Waals surface area (Å²) in [6.45, 7) is 3.22. The third-order valence-electron chi connectivity index (χ3n) is 6.62. The van der Waals surface area contributed by atoms with Gasteiger partial charge in [0.05, 0.1) is 22.5 Å². The zero-order valence-electron chi connectivity index (χ0n) is 23.4. The van der Waals surface area contributed by atoms with Gasteiger partial charge >= 0.3 is 5.97 Å². The smallest absolute Gasteiger partial charge is 0.344 e. The first-order valence-corrected chi connectivity index (χ1v) is 15.5. The molecule has 42 heavy (non-hydrogen) atoms. The van der Waals surface area contributed by atoms with Crippen molar-refractivity contribution in [3.05, 3.63) is 125 Å².